The van der Waals surface area contributed by atoms with Crippen LogP contribution in [0.4, 0.5) is 0 Å². The highest BCUT2D eigenvalue weighted by Gasteiger charge is 2.30. The van der Waals surface area contributed by atoms with Crippen LogP contribution in [0.3, 0.4) is 0 Å². The number of hydrogen-bond donors (Lipinski definition) is 3. The molecule has 1 saturated carbocycles. The van der Waals surface area contributed by atoms with Crippen molar-refractivity contribution in [3.05, 3.63) is 18.0 Å². The van der Waals surface area contributed by atoms with Gasteiger partial charge in [-0.3, -0.25) is 0 Å². The maximum atomic E-state index is 12.1. The molecule has 8 nitrogen and oxygen atoms in total. The lowest BCUT2D eigenvalue weighted by Gasteiger charge is -2.05. The van der Waals surface area contributed by atoms with Crippen LogP contribution in [0.2, 0.25) is 0 Å². The minimum atomic E-state index is -3.77. The molecule has 118 valence electrons. The monoisotopic (exact) mass is 318 g/mol. The van der Waals surface area contributed by atoms with Gasteiger partial charge < -0.3 is 19.5 Å². The molecular weight excluding hydrogens is 300 g/mol. The second kappa shape index (κ2) is 6.56. The lowest BCUT2D eigenvalue weighted by Crippen LogP contribution is -2.27. The Morgan fingerprint density at radius 1 is 1.43 bits per heavy atom. The second-order valence-corrected chi connectivity index (χ2v) is 6.51. The van der Waals surface area contributed by atoms with E-state index >= 15 is 0 Å². The zero-order chi connectivity index (χ0) is 15.5. The number of aromatic carboxylic acids is 1. The van der Waals surface area contributed by atoms with Crippen molar-refractivity contribution in [3.63, 3.8) is 0 Å². The number of rotatable bonds is 9. The fourth-order valence-corrected chi connectivity index (χ4v) is 2.96. The third-order valence-electron chi connectivity index (χ3n) is 3.07. The Hall–Kier alpha value is -1.42. The van der Waals surface area contributed by atoms with Crippen molar-refractivity contribution < 1.29 is 28.2 Å². The van der Waals surface area contributed by atoms with E-state index in [4.69, 9.17) is 14.9 Å². The molecule has 1 aromatic rings. The summed E-state index contributed by atoms with van der Waals surface area (Å²) in [6.07, 6.45) is 3.08. The molecule has 1 heterocycles. The molecule has 0 spiro atoms. The van der Waals surface area contributed by atoms with Gasteiger partial charge in [0.15, 0.2) is 0 Å². The zero-order valence-electron chi connectivity index (χ0n) is 11.4. The molecule has 0 saturated heterocycles. The molecule has 0 aromatic carbocycles. The topological polar surface area (TPSA) is 118 Å². The molecule has 0 aliphatic heterocycles. The third kappa shape index (κ3) is 4.03. The highest BCUT2D eigenvalue weighted by molar-refractivity contribution is 7.89. The quantitative estimate of drug-likeness (QED) is 0.543. The van der Waals surface area contributed by atoms with Crippen LogP contribution in [0.25, 0.3) is 0 Å². The first-order valence-corrected chi connectivity index (χ1v) is 8.07. The Labute approximate surface area is 122 Å². The van der Waals surface area contributed by atoms with Gasteiger partial charge in [0.25, 0.3) is 0 Å². The fourth-order valence-electron chi connectivity index (χ4n) is 1.93. The number of aliphatic hydroxyl groups excluding tert-OH is 1. The molecular formula is C12H18N2O6S. The van der Waals surface area contributed by atoms with E-state index in [1.807, 2.05) is 0 Å². The van der Waals surface area contributed by atoms with Crippen LogP contribution in [0.1, 0.15) is 29.4 Å². The van der Waals surface area contributed by atoms with Gasteiger partial charge in [0, 0.05) is 18.8 Å². The van der Waals surface area contributed by atoms with Crippen LogP contribution >= 0.6 is 0 Å². The number of carbonyl (C=O) groups is 1. The predicted octanol–water partition coefficient (Wildman–Crippen LogP) is -0.192. The van der Waals surface area contributed by atoms with E-state index in [2.05, 4.69) is 4.72 Å². The first kappa shape index (κ1) is 16.0. The van der Waals surface area contributed by atoms with Gasteiger partial charge in [0.05, 0.1) is 19.8 Å². The lowest BCUT2D eigenvalue weighted by molar-refractivity contribution is 0.0685. The van der Waals surface area contributed by atoms with Gasteiger partial charge in [0.1, 0.15) is 10.6 Å². The van der Waals surface area contributed by atoms with Gasteiger partial charge in [-0.15, -0.1) is 0 Å². The normalized spacial score (nSPS) is 15.3. The molecule has 1 fully saturated rings. The van der Waals surface area contributed by atoms with Crippen LogP contribution < -0.4 is 4.72 Å². The van der Waals surface area contributed by atoms with Crippen molar-refractivity contribution in [1.82, 2.24) is 9.29 Å². The van der Waals surface area contributed by atoms with E-state index < -0.39 is 16.0 Å². The molecule has 1 aliphatic rings. The third-order valence-corrected chi connectivity index (χ3v) is 4.50. The average Bonchev–Trinajstić information content (AvgIpc) is 3.16. The average molecular weight is 318 g/mol. The summed E-state index contributed by atoms with van der Waals surface area (Å²) in [5, 5.41) is 17.6. The molecule has 9 heteroatoms. The van der Waals surface area contributed by atoms with Crippen molar-refractivity contribution in [1.29, 1.82) is 0 Å². The van der Waals surface area contributed by atoms with Crippen molar-refractivity contribution in [2.24, 2.45) is 0 Å². The fraction of sp³-hybridized carbons (Fsp3) is 0.583. The maximum absolute atomic E-state index is 12.1. The number of carboxylic acids is 1. The molecule has 1 aromatic heterocycles. The summed E-state index contributed by atoms with van der Waals surface area (Å²) in [4.78, 5) is 11.1. The van der Waals surface area contributed by atoms with Gasteiger partial charge >= 0.3 is 5.97 Å². The summed E-state index contributed by atoms with van der Waals surface area (Å²) in [6.45, 7) is 0.205. The number of sulfonamides is 1. The van der Waals surface area contributed by atoms with Gasteiger partial charge in [-0.2, -0.15) is 0 Å². The van der Waals surface area contributed by atoms with Crippen molar-refractivity contribution in [3.8, 4) is 0 Å². The Morgan fingerprint density at radius 3 is 2.71 bits per heavy atom. The summed E-state index contributed by atoms with van der Waals surface area (Å²) >= 11 is 0. The molecule has 0 radical (unpaired) electrons. The Balaban J connectivity index is 2.05. The largest absolute Gasteiger partial charge is 0.477 e. The van der Waals surface area contributed by atoms with Crippen LogP contribution in [-0.2, 0) is 14.8 Å². The Kier molecular flexibility index (Phi) is 4.99. The van der Waals surface area contributed by atoms with E-state index in [0.29, 0.717) is 0 Å². The molecule has 0 unspecified atom stereocenters. The van der Waals surface area contributed by atoms with E-state index in [0.717, 1.165) is 18.9 Å². The van der Waals surface area contributed by atoms with Gasteiger partial charge in [-0.1, -0.05) is 0 Å². The van der Waals surface area contributed by atoms with Crippen LogP contribution in [0.5, 0.6) is 0 Å². The summed E-state index contributed by atoms with van der Waals surface area (Å²) in [6, 6.07) is 1.24. The van der Waals surface area contributed by atoms with E-state index in [1.165, 1.54) is 10.8 Å². The minimum absolute atomic E-state index is 0.0191. The SMILES string of the molecule is O=C(O)c1cc(S(=O)(=O)NCCOCCO)cn1C1CC1. The zero-order valence-corrected chi connectivity index (χ0v) is 12.2. The van der Waals surface area contributed by atoms with E-state index in [9.17, 15) is 13.2 Å². The Morgan fingerprint density at radius 2 is 2.14 bits per heavy atom. The standard InChI is InChI=1S/C12H18N2O6S/c15-4-6-20-5-3-13-21(18,19)10-7-11(12(16)17)14(8-10)9-1-2-9/h7-9,13,15H,1-6H2,(H,16,17). The summed E-state index contributed by atoms with van der Waals surface area (Å²) in [5.41, 5.74) is -0.0191. The molecule has 3 N–H and O–H groups in total. The summed E-state index contributed by atoms with van der Waals surface area (Å²) in [5.74, 6) is -1.14. The smallest absolute Gasteiger partial charge is 0.352 e. The summed E-state index contributed by atoms with van der Waals surface area (Å²) < 4.78 is 32.9. The lowest BCUT2D eigenvalue weighted by atomic mass is 10.4. The van der Waals surface area contributed by atoms with Gasteiger partial charge in [-0.25, -0.2) is 17.9 Å². The summed E-state index contributed by atoms with van der Waals surface area (Å²) in [7, 11) is -3.77. The second-order valence-electron chi connectivity index (χ2n) is 4.74. The molecule has 0 bridgehead atoms. The highest BCUT2D eigenvalue weighted by Crippen LogP contribution is 2.37. The molecule has 0 amide bonds. The van der Waals surface area contributed by atoms with E-state index in [-0.39, 0.29) is 43.0 Å². The number of aliphatic hydroxyl groups is 1. The van der Waals surface area contributed by atoms with Crippen molar-refractivity contribution in [2.45, 2.75) is 23.8 Å². The maximum Gasteiger partial charge on any atom is 0.352 e. The number of nitrogens with one attached hydrogen (secondary N) is 1. The molecule has 2 rings (SSSR count). The molecule has 0 atom stereocenters. The first-order valence-electron chi connectivity index (χ1n) is 6.59. The van der Waals surface area contributed by atoms with Crippen LogP contribution in [-0.4, -0.2) is 55.5 Å². The van der Waals surface area contributed by atoms with Crippen molar-refractivity contribution in [2.75, 3.05) is 26.4 Å². The molecule has 1 aliphatic carbocycles. The van der Waals surface area contributed by atoms with Gasteiger partial charge in [0.2, 0.25) is 10.0 Å². The minimum Gasteiger partial charge on any atom is -0.477 e. The predicted molar refractivity (Wildman–Crippen MR) is 72.8 cm³/mol. The Bertz CT molecular complexity index is 605. The number of nitrogens with zero attached hydrogens (tertiary/aromatic N) is 1. The molecule has 21 heavy (non-hydrogen) atoms. The van der Waals surface area contributed by atoms with Crippen LogP contribution in [0.15, 0.2) is 17.2 Å². The number of carboxylic acid groups (broad SMARTS) is 1. The number of aromatic nitrogens is 1. The first-order chi connectivity index (χ1) is 9.95. The van der Waals surface area contributed by atoms with Gasteiger partial charge in [-0.05, 0) is 18.9 Å². The van der Waals surface area contributed by atoms with Crippen LogP contribution in [0, 0.1) is 0 Å². The highest BCUT2D eigenvalue weighted by atomic mass is 32.2. The van der Waals surface area contributed by atoms with Crippen molar-refractivity contribution >= 4 is 16.0 Å². The number of hydrogen-bond acceptors (Lipinski definition) is 5. The number of ether oxygens (including phenoxy) is 1. The van der Waals surface area contributed by atoms with E-state index in [1.54, 1.807) is 0 Å².